The van der Waals surface area contributed by atoms with E-state index in [0.717, 1.165) is 38.6 Å². The van der Waals surface area contributed by atoms with Crippen molar-refractivity contribution in [2.24, 2.45) is 10.4 Å². The lowest BCUT2D eigenvalue weighted by molar-refractivity contribution is 0.138. The molecule has 2 fully saturated rings. The van der Waals surface area contributed by atoms with E-state index in [2.05, 4.69) is 44.8 Å². The molecule has 1 saturated heterocycles. The number of benzene rings is 1. The summed E-state index contributed by atoms with van der Waals surface area (Å²) in [6.45, 7) is 6.16. The minimum absolute atomic E-state index is 0.361. The first-order chi connectivity index (χ1) is 14.2. The Morgan fingerprint density at radius 2 is 1.76 bits per heavy atom. The summed E-state index contributed by atoms with van der Waals surface area (Å²) >= 11 is 0. The highest BCUT2D eigenvalue weighted by Gasteiger charge is 2.33. The maximum absolute atomic E-state index is 5.37. The number of aliphatic imine (C=N–C) groups is 1. The highest BCUT2D eigenvalue weighted by atomic mass is 16.5. The van der Waals surface area contributed by atoms with Crippen LogP contribution in [0.4, 0.5) is 0 Å². The van der Waals surface area contributed by atoms with Gasteiger partial charge in [-0.15, -0.1) is 0 Å². The monoisotopic (exact) mass is 400 g/mol. The van der Waals surface area contributed by atoms with Crippen LogP contribution in [-0.2, 0) is 17.8 Å². The molecule has 0 radical (unpaired) electrons. The van der Waals surface area contributed by atoms with Crippen LogP contribution in [-0.4, -0.2) is 51.3 Å². The molecule has 2 N–H and O–H groups in total. The van der Waals surface area contributed by atoms with Crippen molar-refractivity contribution < 1.29 is 4.74 Å². The first-order valence-electron chi connectivity index (χ1n) is 11.5. The number of ether oxygens (including phenoxy) is 1. The van der Waals surface area contributed by atoms with E-state index in [4.69, 9.17) is 4.74 Å². The fourth-order valence-electron chi connectivity index (χ4n) is 4.87. The van der Waals surface area contributed by atoms with Gasteiger partial charge in [-0.05, 0) is 61.7 Å². The molecule has 1 aliphatic carbocycles. The van der Waals surface area contributed by atoms with Crippen LogP contribution in [0.25, 0.3) is 0 Å². The van der Waals surface area contributed by atoms with Crippen LogP contribution in [0.1, 0.15) is 62.5 Å². The average molecular weight is 401 g/mol. The molecule has 0 atom stereocenters. The van der Waals surface area contributed by atoms with Gasteiger partial charge in [0.25, 0.3) is 0 Å². The number of nitrogens with zero attached hydrogens (tertiary/aromatic N) is 2. The van der Waals surface area contributed by atoms with Crippen molar-refractivity contribution in [2.75, 3.05) is 40.4 Å². The number of methoxy groups -OCH3 is 1. The average Bonchev–Trinajstić information content (AvgIpc) is 3.23. The molecule has 0 aromatic heterocycles. The zero-order valence-corrected chi connectivity index (χ0v) is 18.5. The zero-order chi connectivity index (χ0) is 20.4. The summed E-state index contributed by atoms with van der Waals surface area (Å²) in [5.41, 5.74) is 3.17. The molecule has 0 spiro atoms. The Labute approximate surface area is 177 Å². The zero-order valence-electron chi connectivity index (χ0n) is 18.5. The van der Waals surface area contributed by atoms with Crippen LogP contribution in [0.15, 0.2) is 29.3 Å². The Hall–Kier alpha value is -1.59. The van der Waals surface area contributed by atoms with E-state index in [1.165, 1.54) is 69.2 Å². The molecular formula is C24H40N4O. The molecule has 29 heavy (non-hydrogen) atoms. The summed E-state index contributed by atoms with van der Waals surface area (Å²) in [6, 6.07) is 8.83. The highest BCUT2D eigenvalue weighted by Crippen LogP contribution is 2.40. The van der Waals surface area contributed by atoms with E-state index >= 15 is 0 Å². The number of nitrogens with one attached hydrogen (secondary N) is 2. The van der Waals surface area contributed by atoms with Gasteiger partial charge in [0.2, 0.25) is 0 Å². The summed E-state index contributed by atoms with van der Waals surface area (Å²) in [4.78, 5) is 7.07. The second-order valence-electron chi connectivity index (χ2n) is 8.83. The van der Waals surface area contributed by atoms with Gasteiger partial charge >= 0.3 is 0 Å². The van der Waals surface area contributed by atoms with Crippen molar-refractivity contribution in [3.63, 3.8) is 0 Å². The quantitative estimate of drug-likeness (QED) is 0.487. The number of hydrogen-bond acceptors (Lipinski definition) is 3. The van der Waals surface area contributed by atoms with Gasteiger partial charge in [0.1, 0.15) is 0 Å². The van der Waals surface area contributed by atoms with Crippen molar-refractivity contribution in [3.05, 3.63) is 35.4 Å². The van der Waals surface area contributed by atoms with Crippen LogP contribution in [0.5, 0.6) is 0 Å². The Morgan fingerprint density at radius 3 is 2.45 bits per heavy atom. The third-order valence-electron chi connectivity index (χ3n) is 6.76. The third-order valence-corrected chi connectivity index (χ3v) is 6.76. The number of rotatable bonds is 9. The number of guanidine groups is 1. The van der Waals surface area contributed by atoms with Crippen molar-refractivity contribution in [2.45, 2.75) is 64.5 Å². The van der Waals surface area contributed by atoms with Crippen molar-refractivity contribution in [1.29, 1.82) is 0 Å². The lowest BCUT2D eigenvalue weighted by Crippen LogP contribution is -2.43. The molecular weight excluding hydrogens is 360 g/mol. The first kappa shape index (κ1) is 22.1. The lowest BCUT2D eigenvalue weighted by atomic mass is 9.83. The lowest BCUT2D eigenvalue weighted by Gasteiger charge is -2.30. The SMILES string of the molecule is CN=C(NCc1ccccc1CN1CCCCC1)NCC1(CCOC)CCCC1. The minimum Gasteiger partial charge on any atom is -0.385 e. The van der Waals surface area contributed by atoms with Gasteiger partial charge in [-0.3, -0.25) is 9.89 Å². The maximum Gasteiger partial charge on any atom is 0.191 e. The summed E-state index contributed by atoms with van der Waals surface area (Å²) in [5.74, 6) is 0.904. The predicted octanol–water partition coefficient (Wildman–Crippen LogP) is 3.93. The van der Waals surface area contributed by atoms with E-state index in [-0.39, 0.29) is 0 Å². The van der Waals surface area contributed by atoms with Crippen LogP contribution >= 0.6 is 0 Å². The summed E-state index contributed by atoms with van der Waals surface area (Å²) in [5, 5.41) is 7.15. The van der Waals surface area contributed by atoms with Gasteiger partial charge in [-0.25, -0.2) is 0 Å². The highest BCUT2D eigenvalue weighted by molar-refractivity contribution is 5.79. The maximum atomic E-state index is 5.37. The van der Waals surface area contributed by atoms with Crippen molar-refractivity contribution >= 4 is 5.96 Å². The smallest absolute Gasteiger partial charge is 0.191 e. The largest absolute Gasteiger partial charge is 0.385 e. The van der Waals surface area contributed by atoms with Gasteiger partial charge in [0, 0.05) is 40.4 Å². The topological polar surface area (TPSA) is 48.9 Å². The summed E-state index contributed by atoms with van der Waals surface area (Å²) in [7, 11) is 3.67. The minimum atomic E-state index is 0.361. The molecule has 5 heteroatoms. The van der Waals surface area contributed by atoms with E-state index < -0.39 is 0 Å². The Balaban J connectivity index is 1.52. The molecule has 1 saturated carbocycles. The molecule has 1 aliphatic heterocycles. The van der Waals surface area contributed by atoms with E-state index in [0.29, 0.717) is 5.41 Å². The van der Waals surface area contributed by atoms with Gasteiger partial charge in [0.05, 0.1) is 0 Å². The molecule has 2 aliphatic rings. The number of hydrogen-bond donors (Lipinski definition) is 2. The van der Waals surface area contributed by atoms with Crippen LogP contribution in [0, 0.1) is 5.41 Å². The van der Waals surface area contributed by atoms with Crippen LogP contribution < -0.4 is 10.6 Å². The fourth-order valence-corrected chi connectivity index (χ4v) is 4.87. The third kappa shape index (κ3) is 6.71. The Kier molecular flexibility index (Phi) is 8.81. The molecule has 0 amide bonds. The van der Waals surface area contributed by atoms with Crippen LogP contribution in [0.3, 0.4) is 0 Å². The fraction of sp³-hybridized carbons (Fsp3) is 0.708. The van der Waals surface area contributed by atoms with E-state index in [1.54, 1.807) is 7.11 Å². The summed E-state index contributed by atoms with van der Waals surface area (Å²) < 4.78 is 5.37. The molecule has 1 heterocycles. The van der Waals surface area contributed by atoms with E-state index in [1.807, 2.05) is 7.05 Å². The standard InChI is InChI=1S/C24H40N4O/c1-25-23(27-20-24(14-17-29-2)12-6-7-13-24)26-18-21-10-4-5-11-22(21)19-28-15-8-3-9-16-28/h4-5,10-11H,3,6-9,12-20H2,1-2H3,(H2,25,26,27). The predicted molar refractivity (Wildman–Crippen MR) is 121 cm³/mol. The molecule has 0 bridgehead atoms. The molecule has 3 rings (SSSR count). The van der Waals surface area contributed by atoms with Crippen LogP contribution in [0.2, 0.25) is 0 Å². The van der Waals surface area contributed by atoms with E-state index in [9.17, 15) is 0 Å². The molecule has 1 aromatic carbocycles. The number of likely N-dealkylation sites (tertiary alicyclic amines) is 1. The second-order valence-corrected chi connectivity index (χ2v) is 8.83. The molecule has 0 unspecified atom stereocenters. The molecule has 5 nitrogen and oxygen atoms in total. The summed E-state index contributed by atoms with van der Waals surface area (Å²) in [6.07, 6.45) is 10.4. The van der Waals surface area contributed by atoms with Crippen molar-refractivity contribution in [3.8, 4) is 0 Å². The van der Waals surface area contributed by atoms with Gasteiger partial charge in [-0.1, -0.05) is 43.5 Å². The Bertz CT molecular complexity index is 634. The number of piperidine rings is 1. The normalized spacial score (nSPS) is 20.0. The molecule has 162 valence electrons. The second kappa shape index (κ2) is 11.6. The first-order valence-corrected chi connectivity index (χ1v) is 11.5. The van der Waals surface area contributed by atoms with Crippen molar-refractivity contribution in [1.82, 2.24) is 15.5 Å². The van der Waals surface area contributed by atoms with Gasteiger partial charge in [0.15, 0.2) is 5.96 Å². The Morgan fingerprint density at radius 1 is 1.03 bits per heavy atom. The van der Waals surface area contributed by atoms with Gasteiger partial charge < -0.3 is 15.4 Å². The molecule has 1 aromatic rings. The van der Waals surface area contributed by atoms with Gasteiger partial charge in [-0.2, -0.15) is 0 Å².